The summed E-state index contributed by atoms with van der Waals surface area (Å²) in [5, 5.41) is 7.22. The third-order valence-electron chi connectivity index (χ3n) is 7.14. The molecule has 0 unspecified atom stereocenters. The van der Waals surface area contributed by atoms with E-state index in [4.69, 9.17) is 0 Å². The molecule has 0 saturated heterocycles. The molecular formula is C31H19N5. The van der Waals surface area contributed by atoms with Gasteiger partial charge in [0, 0.05) is 27.2 Å². The van der Waals surface area contributed by atoms with Gasteiger partial charge in [0.25, 0.3) is 0 Å². The molecule has 5 aromatic carbocycles. The average molecular weight is 462 g/mol. The Hall–Kier alpha value is -5.03. The maximum Gasteiger partial charge on any atom is 0.237 e. The molecule has 0 saturated carbocycles. The summed E-state index contributed by atoms with van der Waals surface area (Å²) in [5.41, 5.74) is 5.59. The van der Waals surface area contributed by atoms with Crippen LogP contribution in [-0.4, -0.2) is 24.1 Å². The van der Waals surface area contributed by atoms with Crippen molar-refractivity contribution in [2.24, 2.45) is 0 Å². The van der Waals surface area contributed by atoms with Crippen molar-refractivity contribution in [2.45, 2.75) is 0 Å². The first-order chi connectivity index (χ1) is 17.9. The molecule has 0 spiro atoms. The van der Waals surface area contributed by atoms with Crippen LogP contribution in [0.25, 0.3) is 66.0 Å². The second-order valence-corrected chi connectivity index (χ2v) is 9.00. The van der Waals surface area contributed by atoms with E-state index in [1.54, 1.807) is 12.7 Å². The minimum absolute atomic E-state index is 0.609. The maximum absolute atomic E-state index is 4.60. The van der Waals surface area contributed by atoms with Gasteiger partial charge in [-0.25, -0.2) is 15.0 Å². The van der Waals surface area contributed by atoms with E-state index < -0.39 is 0 Å². The number of hydrogen-bond donors (Lipinski definition) is 0. The van der Waals surface area contributed by atoms with Crippen molar-refractivity contribution >= 4 is 54.4 Å². The Morgan fingerprint density at radius 3 is 2.03 bits per heavy atom. The van der Waals surface area contributed by atoms with E-state index in [1.807, 2.05) is 0 Å². The zero-order valence-corrected chi connectivity index (χ0v) is 19.2. The molecule has 8 aromatic rings. The van der Waals surface area contributed by atoms with Crippen molar-refractivity contribution in [1.29, 1.82) is 0 Å². The van der Waals surface area contributed by atoms with Crippen molar-refractivity contribution in [1.82, 2.24) is 24.1 Å². The summed E-state index contributed by atoms with van der Waals surface area (Å²) in [6, 6.07) is 36.6. The topological polar surface area (TPSA) is 48.5 Å². The summed E-state index contributed by atoms with van der Waals surface area (Å²) in [7, 11) is 0. The van der Waals surface area contributed by atoms with E-state index in [9.17, 15) is 0 Å². The van der Waals surface area contributed by atoms with Crippen molar-refractivity contribution < 1.29 is 0 Å². The van der Waals surface area contributed by atoms with Crippen LogP contribution in [0.3, 0.4) is 0 Å². The number of aromatic nitrogens is 5. The number of para-hydroxylation sites is 2. The average Bonchev–Trinajstić information content (AvgIpc) is 3.47. The highest BCUT2D eigenvalue weighted by Gasteiger charge is 2.22. The van der Waals surface area contributed by atoms with Gasteiger partial charge in [0.15, 0.2) is 0 Å². The highest BCUT2D eigenvalue weighted by atomic mass is 15.2. The smallest absolute Gasteiger partial charge is 0.237 e. The lowest BCUT2D eigenvalue weighted by atomic mass is 10.0. The summed E-state index contributed by atoms with van der Waals surface area (Å²) < 4.78 is 4.56. The van der Waals surface area contributed by atoms with Gasteiger partial charge in [0.1, 0.15) is 12.7 Å². The normalized spacial score (nSPS) is 11.9. The first-order valence-electron chi connectivity index (χ1n) is 12.0. The Labute approximate surface area is 205 Å². The van der Waals surface area contributed by atoms with Crippen LogP contribution in [0.2, 0.25) is 0 Å². The fourth-order valence-electron chi connectivity index (χ4n) is 5.72. The monoisotopic (exact) mass is 461 g/mol. The van der Waals surface area contributed by atoms with Crippen LogP contribution in [0.1, 0.15) is 0 Å². The van der Waals surface area contributed by atoms with Crippen molar-refractivity contribution in [3.05, 3.63) is 116 Å². The number of rotatable bonds is 2. The molecule has 0 radical (unpaired) electrons. The fourth-order valence-corrected chi connectivity index (χ4v) is 5.72. The second kappa shape index (κ2) is 7.23. The third kappa shape index (κ3) is 2.51. The molecule has 0 bridgehead atoms. The lowest BCUT2D eigenvalue weighted by Gasteiger charge is -2.11. The molecule has 3 heterocycles. The third-order valence-corrected chi connectivity index (χ3v) is 7.14. The molecule has 0 fully saturated rings. The van der Waals surface area contributed by atoms with Gasteiger partial charge in [0.2, 0.25) is 5.95 Å². The number of fused-ring (bicyclic) bond motifs is 9. The first kappa shape index (κ1) is 19.3. The van der Waals surface area contributed by atoms with Gasteiger partial charge in [0.05, 0.1) is 22.1 Å². The predicted molar refractivity (Wildman–Crippen MR) is 146 cm³/mol. The molecule has 3 aromatic heterocycles. The zero-order chi connectivity index (χ0) is 23.6. The van der Waals surface area contributed by atoms with E-state index >= 15 is 0 Å². The quantitative estimate of drug-likeness (QED) is 0.273. The Kier molecular flexibility index (Phi) is 3.88. The molecule has 8 rings (SSSR count). The highest BCUT2D eigenvalue weighted by Crippen LogP contribution is 2.42. The Balaban J connectivity index is 1.71. The van der Waals surface area contributed by atoms with E-state index in [0.29, 0.717) is 5.95 Å². The maximum atomic E-state index is 4.60. The Morgan fingerprint density at radius 2 is 1.17 bits per heavy atom. The minimum Gasteiger partial charge on any atom is -0.307 e. The van der Waals surface area contributed by atoms with Crippen LogP contribution in [0, 0.1) is 0 Å². The minimum atomic E-state index is 0.609. The molecule has 0 atom stereocenters. The van der Waals surface area contributed by atoms with E-state index in [0.717, 1.165) is 22.2 Å². The fraction of sp³-hybridized carbons (Fsp3) is 0. The lowest BCUT2D eigenvalue weighted by molar-refractivity contribution is 0.940. The molecule has 36 heavy (non-hydrogen) atoms. The molecule has 5 nitrogen and oxygen atoms in total. The molecule has 0 aliphatic rings. The molecule has 0 N–H and O–H groups in total. The van der Waals surface area contributed by atoms with Crippen LogP contribution in [0.5, 0.6) is 0 Å². The molecule has 5 heteroatoms. The summed E-state index contributed by atoms with van der Waals surface area (Å²) in [6.45, 7) is 0. The van der Waals surface area contributed by atoms with Crippen molar-refractivity contribution in [3.8, 4) is 11.6 Å². The van der Waals surface area contributed by atoms with Crippen molar-refractivity contribution in [3.63, 3.8) is 0 Å². The van der Waals surface area contributed by atoms with Crippen LogP contribution >= 0.6 is 0 Å². The predicted octanol–water partition coefficient (Wildman–Crippen LogP) is 7.22. The molecule has 168 valence electrons. The van der Waals surface area contributed by atoms with Gasteiger partial charge in [-0.05, 0) is 35.0 Å². The largest absolute Gasteiger partial charge is 0.307 e. The number of benzene rings is 5. The van der Waals surface area contributed by atoms with Crippen LogP contribution < -0.4 is 0 Å². The molecule has 0 aliphatic carbocycles. The van der Waals surface area contributed by atoms with Gasteiger partial charge >= 0.3 is 0 Å². The first-order valence-corrected chi connectivity index (χ1v) is 12.0. The summed E-state index contributed by atoms with van der Waals surface area (Å²) in [5.74, 6) is 0.609. The van der Waals surface area contributed by atoms with Crippen LogP contribution in [-0.2, 0) is 0 Å². The zero-order valence-electron chi connectivity index (χ0n) is 19.2. The SMILES string of the molecule is c1ccc(-n2c3ccccc3c3ccc4c5c6ccccc6ccc5n(-c5ncncn5)c4c32)cc1. The Bertz CT molecular complexity index is 2090. The Morgan fingerprint density at radius 1 is 0.472 bits per heavy atom. The van der Waals surface area contributed by atoms with Gasteiger partial charge in [-0.3, -0.25) is 4.57 Å². The summed E-state index contributed by atoms with van der Waals surface area (Å²) in [6.07, 6.45) is 3.13. The number of hydrogen-bond acceptors (Lipinski definition) is 3. The lowest BCUT2D eigenvalue weighted by Crippen LogP contribution is -2.02. The molecule has 0 aliphatic heterocycles. The van der Waals surface area contributed by atoms with Gasteiger partial charge in [-0.1, -0.05) is 78.9 Å². The van der Waals surface area contributed by atoms with E-state index in [1.165, 1.54) is 37.8 Å². The molecular weight excluding hydrogens is 442 g/mol. The summed E-state index contributed by atoms with van der Waals surface area (Å²) >= 11 is 0. The molecule has 0 amide bonds. The van der Waals surface area contributed by atoms with Gasteiger partial charge in [-0.15, -0.1) is 0 Å². The second-order valence-electron chi connectivity index (χ2n) is 9.00. The number of nitrogens with zero attached hydrogens (tertiary/aromatic N) is 5. The van der Waals surface area contributed by atoms with Crippen LogP contribution in [0.4, 0.5) is 0 Å². The van der Waals surface area contributed by atoms with E-state index in [-0.39, 0.29) is 0 Å². The standard InChI is InChI=1S/C31H19N5/c1-2-9-21(10-3-1)35-26-13-7-6-12-23(26)24-15-16-25-28-22-11-5-4-8-20(22)14-17-27(28)36(30(25)29(24)35)31-33-18-32-19-34-31/h1-19H. The summed E-state index contributed by atoms with van der Waals surface area (Å²) in [4.78, 5) is 13.3. The van der Waals surface area contributed by atoms with Crippen LogP contribution in [0.15, 0.2) is 116 Å². The van der Waals surface area contributed by atoms with Gasteiger partial charge in [-0.2, -0.15) is 0 Å². The van der Waals surface area contributed by atoms with Gasteiger partial charge < -0.3 is 4.57 Å². The van der Waals surface area contributed by atoms with E-state index in [2.05, 4.69) is 127 Å². The van der Waals surface area contributed by atoms with Crippen molar-refractivity contribution in [2.75, 3.05) is 0 Å². The highest BCUT2D eigenvalue weighted by molar-refractivity contribution is 6.28.